The van der Waals surface area contributed by atoms with Gasteiger partial charge in [0.1, 0.15) is 0 Å². The minimum atomic E-state index is 0.0695. The highest BCUT2D eigenvalue weighted by molar-refractivity contribution is 5.79. The fourth-order valence-corrected chi connectivity index (χ4v) is 1.51. The van der Waals surface area contributed by atoms with Crippen LogP contribution in [0.2, 0.25) is 0 Å². The van der Waals surface area contributed by atoms with Gasteiger partial charge in [-0.05, 0) is 5.56 Å². The molecular weight excluding hydrogens is 164 g/mol. The Balaban J connectivity index is 2.13. The van der Waals surface area contributed by atoms with Crippen LogP contribution in [0.5, 0.6) is 0 Å². The molecule has 0 radical (unpaired) electrons. The summed E-state index contributed by atoms with van der Waals surface area (Å²) in [6.07, 6.45) is 0. The van der Waals surface area contributed by atoms with E-state index in [9.17, 15) is 4.79 Å². The molecule has 1 amide bonds. The molecule has 1 fully saturated rings. The molecule has 0 aromatic heterocycles. The maximum Gasteiger partial charge on any atom is 0.234 e. The van der Waals surface area contributed by atoms with Crippen molar-refractivity contribution < 1.29 is 4.79 Å². The van der Waals surface area contributed by atoms with Crippen LogP contribution in [0.25, 0.3) is 0 Å². The zero-order valence-corrected chi connectivity index (χ0v) is 7.29. The van der Waals surface area contributed by atoms with Crippen molar-refractivity contribution in [3.05, 3.63) is 35.9 Å². The maximum atomic E-state index is 11.1. The summed E-state index contributed by atoms with van der Waals surface area (Å²) < 4.78 is 0. The Morgan fingerprint density at radius 3 is 2.69 bits per heavy atom. The highest BCUT2D eigenvalue weighted by atomic mass is 16.2. The van der Waals surface area contributed by atoms with Gasteiger partial charge in [0, 0.05) is 6.54 Å². The van der Waals surface area contributed by atoms with E-state index in [1.54, 1.807) is 0 Å². The van der Waals surface area contributed by atoms with Gasteiger partial charge in [-0.1, -0.05) is 30.3 Å². The number of hydrogen-bond acceptors (Lipinski definition) is 2. The summed E-state index contributed by atoms with van der Waals surface area (Å²) in [5, 5.41) is 6.00. The summed E-state index contributed by atoms with van der Waals surface area (Å²) >= 11 is 0. The topological polar surface area (TPSA) is 41.1 Å². The van der Waals surface area contributed by atoms with Crippen molar-refractivity contribution in [3.8, 4) is 0 Å². The van der Waals surface area contributed by atoms with Crippen LogP contribution in [0.1, 0.15) is 11.6 Å². The fraction of sp³-hybridized carbons (Fsp3) is 0.300. The lowest BCUT2D eigenvalue weighted by Crippen LogP contribution is -2.46. The summed E-state index contributed by atoms with van der Waals surface area (Å²) in [5.74, 6) is 0.0695. The number of benzene rings is 1. The predicted octanol–water partition coefficient (Wildman–Crippen LogP) is 0.447. The number of piperazine rings is 1. The van der Waals surface area contributed by atoms with Crippen LogP contribution in [0.4, 0.5) is 0 Å². The Hall–Kier alpha value is -1.35. The van der Waals surface area contributed by atoms with Crippen molar-refractivity contribution in [2.24, 2.45) is 0 Å². The van der Waals surface area contributed by atoms with Crippen molar-refractivity contribution in [2.75, 3.05) is 13.1 Å². The SMILES string of the molecule is O=C1CNC[C@H](c2ccccc2)N1. The van der Waals surface area contributed by atoms with Crippen molar-refractivity contribution in [2.45, 2.75) is 6.04 Å². The van der Waals surface area contributed by atoms with E-state index in [1.807, 2.05) is 30.3 Å². The molecule has 1 aromatic rings. The molecule has 3 nitrogen and oxygen atoms in total. The molecule has 68 valence electrons. The van der Waals surface area contributed by atoms with E-state index in [2.05, 4.69) is 10.6 Å². The van der Waals surface area contributed by atoms with E-state index in [4.69, 9.17) is 0 Å². The Morgan fingerprint density at radius 2 is 2.00 bits per heavy atom. The van der Waals surface area contributed by atoms with E-state index in [-0.39, 0.29) is 11.9 Å². The molecule has 0 spiro atoms. The van der Waals surface area contributed by atoms with Gasteiger partial charge in [-0.15, -0.1) is 0 Å². The number of nitrogens with one attached hydrogen (secondary N) is 2. The monoisotopic (exact) mass is 176 g/mol. The second kappa shape index (κ2) is 3.58. The zero-order chi connectivity index (χ0) is 9.10. The summed E-state index contributed by atoms with van der Waals surface area (Å²) in [7, 11) is 0. The van der Waals surface area contributed by atoms with E-state index < -0.39 is 0 Å². The van der Waals surface area contributed by atoms with E-state index in [0.29, 0.717) is 6.54 Å². The van der Waals surface area contributed by atoms with Crippen LogP contribution < -0.4 is 10.6 Å². The number of hydrogen-bond donors (Lipinski definition) is 2. The van der Waals surface area contributed by atoms with Gasteiger partial charge in [-0.25, -0.2) is 0 Å². The average molecular weight is 176 g/mol. The Kier molecular flexibility index (Phi) is 2.27. The third kappa shape index (κ3) is 1.87. The van der Waals surface area contributed by atoms with Gasteiger partial charge in [-0.2, -0.15) is 0 Å². The quantitative estimate of drug-likeness (QED) is 0.652. The second-order valence-corrected chi connectivity index (χ2v) is 3.16. The first-order valence-corrected chi connectivity index (χ1v) is 4.41. The molecule has 1 aromatic carbocycles. The van der Waals surface area contributed by atoms with Gasteiger partial charge >= 0.3 is 0 Å². The highest BCUT2D eigenvalue weighted by Gasteiger charge is 2.18. The van der Waals surface area contributed by atoms with E-state index in [0.717, 1.165) is 12.1 Å². The van der Waals surface area contributed by atoms with Crippen molar-refractivity contribution >= 4 is 5.91 Å². The molecule has 13 heavy (non-hydrogen) atoms. The molecule has 1 aliphatic rings. The molecule has 1 saturated heterocycles. The first kappa shape index (κ1) is 8.26. The lowest BCUT2D eigenvalue weighted by molar-refractivity contribution is -0.122. The van der Waals surface area contributed by atoms with Gasteiger partial charge in [0.25, 0.3) is 0 Å². The zero-order valence-electron chi connectivity index (χ0n) is 7.29. The first-order valence-electron chi connectivity index (χ1n) is 4.41. The maximum absolute atomic E-state index is 11.1. The largest absolute Gasteiger partial charge is 0.347 e. The van der Waals surface area contributed by atoms with Crippen LogP contribution in [-0.2, 0) is 4.79 Å². The van der Waals surface area contributed by atoms with Gasteiger partial charge in [0.05, 0.1) is 12.6 Å². The molecule has 2 N–H and O–H groups in total. The van der Waals surface area contributed by atoms with Crippen LogP contribution in [-0.4, -0.2) is 19.0 Å². The summed E-state index contributed by atoms with van der Waals surface area (Å²) in [5.41, 5.74) is 1.16. The van der Waals surface area contributed by atoms with Crippen LogP contribution in [0.3, 0.4) is 0 Å². The molecule has 1 heterocycles. The summed E-state index contributed by atoms with van der Waals surface area (Å²) in [6, 6.07) is 10.1. The minimum absolute atomic E-state index is 0.0695. The van der Waals surface area contributed by atoms with Crippen molar-refractivity contribution in [3.63, 3.8) is 0 Å². The number of carbonyl (C=O) groups excluding carboxylic acids is 1. The number of rotatable bonds is 1. The minimum Gasteiger partial charge on any atom is -0.347 e. The molecule has 3 heteroatoms. The average Bonchev–Trinajstić information content (AvgIpc) is 2.19. The molecular formula is C10H12N2O. The molecule has 0 unspecified atom stereocenters. The van der Waals surface area contributed by atoms with Gasteiger partial charge in [0.2, 0.25) is 5.91 Å². The molecule has 0 bridgehead atoms. The molecule has 0 aliphatic carbocycles. The lowest BCUT2D eigenvalue weighted by Gasteiger charge is -2.24. The normalized spacial score (nSPS) is 22.5. The Labute approximate surface area is 77.1 Å². The lowest BCUT2D eigenvalue weighted by atomic mass is 10.1. The fourth-order valence-electron chi connectivity index (χ4n) is 1.51. The van der Waals surface area contributed by atoms with Crippen LogP contribution >= 0.6 is 0 Å². The number of amides is 1. The van der Waals surface area contributed by atoms with E-state index in [1.165, 1.54) is 0 Å². The van der Waals surface area contributed by atoms with Crippen molar-refractivity contribution in [1.82, 2.24) is 10.6 Å². The predicted molar refractivity (Wildman–Crippen MR) is 50.2 cm³/mol. The van der Waals surface area contributed by atoms with Crippen LogP contribution in [0, 0.1) is 0 Å². The Bertz CT molecular complexity index is 297. The van der Waals surface area contributed by atoms with Crippen LogP contribution in [0.15, 0.2) is 30.3 Å². The molecule has 2 rings (SSSR count). The molecule has 1 aliphatic heterocycles. The number of carbonyl (C=O) groups is 1. The van der Waals surface area contributed by atoms with Gasteiger partial charge < -0.3 is 10.6 Å². The third-order valence-electron chi connectivity index (χ3n) is 2.17. The van der Waals surface area contributed by atoms with E-state index >= 15 is 0 Å². The third-order valence-corrected chi connectivity index (χ3v) is 2.17. The molecule has 0 saturated carbocycles. The smallest absolute Gasteiger partial charge is 0.234 e. The van der Waals surface area contributed by atoms with Crippen molar-refractivity contribution in [1.29, 1.82) is 0 Å². The van der Waals surface area contributed by atoms with Gasteiger partial charge in [0.15, 0.2) is 0 Å². The first-order chi connectivity index (χ1) is 6.36. The Morgan fingerprint density at radius 1 is 1.23 bits per heavy atom. The second-order valence-electron chi connectivity index (χ2n) is 3.16. The summed E-state index contributed by atoms with van der Waals surface area (Å²) in [6.45, 7) is 1.25. The summed E-state index contributed by atoms with van der Waals surface area (Å²) in [4.78, 5) is 11.1. The molecule has 1 atom stereocenters. The van der Waals surface area contributed by atoms with Gasteiger partial charge in [-0.3, -0.25) is 4.79 Å². The highest BCUT2D eigenvalue weighted by Crippen LogP contribution is 2.12. The standard InChI is InChI=1S/C10H12N2O/c13-10-7-11-6-9(12-10)8-4-2-1-3-5-8/h1-5,9,11H,6-7H2,(H,12,13)/t9-/m1/s1.